The quantitative estimate of drug-likeness (QED) is 0.636. The number of ether oxygens (including phenoxy) is 1. The van der Waals surface area contributed by atoms with Gasteiger partial charge in [-0.05, 0) is 42.0 Å². The lowest BCUT2D eigenvalue weighted by Gasteiger charge is -2.22. The molecule has 4 rings (SSSR count). The summed E-state index contributed by atoms with van der Waals surface area (Å²) in [6.07, 6.45) is 9.33. The number of nitrogens with zero attached hydrogens (tertiary/aromatic N) is 2. The number of hydrogen-bond donors (Lipinski definition) is 0. The van der Waals surface area contributed by atoms with Gasteiger partial charge in [0, 0.05) is 6.42 Å². The highest BCUT2D eigenvalue weighted by atomic mass is 16.5. The molecule has 0 amide bonds. The van der Waals surface area contributed by atoms with E-state index < -0.39 is 0 Å². The molecule has 1 heterocycles. The zero-order valence-electron chi connectivity index (χ0n) is 14.5. The summed E-state index contributed by atoms with van der Waals surface area (Å²) in [5.41, 5.74) is 3.74. The van der Waals surface area contributed by atoms with Gasteiger partial charge in [-0.25, -0.2) is 9.97 Å². The van der Waals surface area contributed by atoms with Crippen LogP contribution in [0.25, 0.3) is 10.9 Å². The summed E-state index contributed by atoms with van der Waals surface area (Å²) in [4.78, 5) is 8.55. The van der Waals surface area contributed by atoms with Crippen LogP contribution in [0.4, 0.5) is 0 Å². The smallest absolute Gasteiger partial charge is 0.224 e. The van der Waals surface area contributed by atoms with Gasteiger partial charge in [-0.15, -0.1) is 0 Å². The summed E-state index contributed by atoms with van der Waals surface area (Å²) >= 11 is 0. The first-order valence-electron chi connectivity index (χ1n) is 9.31. The Labute approximate surface area is 149 Å². The summed E-state index contributed by atoms with van der Waals surface area (Å²) in [7, 11) is 0. The van der Waals surface area contributed by atoms with Gasteiger partial charge in [-0.2, -0.15) is 0 Å². The molecule has 3 heteroatoms. The third-order valence-electron chi connectivity index (χ3n) is 5.19. The van der Waals surface area contributed by atoms with Crippen molar-refractivity contribution >= 4 is 10.9 Å². The molecule has 1 aliphatic carbocycles. The molecule has 0 N–H and O–H groups in total. The molecular weight excluding hydrogens is 308 g/mol. The monoisotopic (exact) mass is 332 g/mol. The molecule has 0 radical (unpaired) electrons. The Bertz CT molecular complexity index is 818. The van der Waals surface area contributed by atoms with Crippen LogP contribution in [0.15, 0.2) is 54.9 Å². The minimum atomic E-state index is 0.629. The van der Waals surface area contributed by atoms with Crippen molar-refractivity contribution < 1.29 is 4.74 Å². The second kappa shape index (κ2) is 7.64. The summed E-state index contributed by atoms with van der Waals surface area (Å²) in [6.45, 7) is 0.629. The van der Waals surface area contributed by atoms with Crippen molar-refractivity contribution in [1.82, 2.24) is 9.97 Å². The normalized spacial score (nSPS) is 15.4. The van der Waals surface area contributed by atoms with Gasteiger partial charge in [0.15, 0.2) is 0 Å². The van der Waals surface area contributed by atoms with Crippen LogP contribution in [-0.2, 0) is 6.42 Å². The number of benzene rings is 2. The number of fused-ring (bicyclic) bond motifs is 1. The molecule has 128 valence electrons. The Kier molecular flexibility index (Phi) is 4.91. The van der Waals surface area contributed by atoms with Crippen molar-refractivity contribution in [2.45, 2.75) is 44.4 Å². The summed E-state index contributed by atoms with van der Waals surface area (Å²) in [6, 6.07) is 17.1. The Morgan fingerprint density at radius 2 is 1.68 bits per heavy atom. The van der Waals surface area contributed by atoms with E-state index in [1.165, 1.54) is 43.2 Å². The Hall–Kier alpha value is -2.42. The first-order valence-corrected chi connectivity index (χ1v) is 9.31. The maximum Gasteiger partial charge on any atom is 0.224 e. The van der Waals surface area contributed by atoms with Crippen LogP contribution in [0.2, 0.25) is 0 Å². The molecule has 0 saturated heterocycles. The number of para-hydroxylation sites is 1. The molecule has 0 spiro atoms. The van der Waals surface area contributed by atoms with Gasteiger partial charge >= 0.3 is 0 Å². The molecule has 1 saturated carbocycles. The topological polar surface area (TPSA) is 35.0 Å². The van der Waals surface area contributed by atoms with E-state index in [0.29, 0.717) is 12.5 Å². The summed E-state index contributed by atoms with van der Waals surface area (Å²) in [5, 5.41) is 0.970. The van der Waals surface area contributed by atoms with Crippen LogP contribution < -0.4 is 4.74 Å². The van der Waals surface area contributed by atoms with Gasteiger partial charge in [0.2, 0.25) is 5.88 Å². The molecule has 0 aliphatic heterocycles. The first kappa shape index (κ1) is 16.1. The van der Waals surface area contributed by atoms with Crippen LogP contribution in [0, 0.1) is 0 Å². The molecular formula is C22H24N2O. The maximum absolute atomic E-state index is 5.92. The summed E-state index contributed by atoms with van der Waals surface area (Å²) in [5.74, 6) is 1.44. The predicted molar refractivity (Wildman–Crippen MR) is 101 cm³/mol. The molecule has 25 heavy (non-hydrogen) atoms. The van der Waals surface area contributed by atoms with E-state index in [9.17, 15) is 0 Å². The van der Waals surface area contributed by atoms with Gasteiger partial charge < -0.3 is 4.74 Å². The largest absolute Gasteiger partial charge is 0.477 e. The van der Waals surface area contributed by atoms with Gasteiger partial charge in [0.05, 0.1) is 17.5 Å². The van der Waals surface area contributed by atoms with Gasteiger partial charge in [-0.3, -0.25) is 0 Å². The van der Waals surface area contributed by atoms with Crippen molar-refractivity contribution in [3.8, 4) is 5.88 Å². The molecule has 3 nitrogen and oxygen atoms in total. The lowest BCUT2D eigenvalue weighted by atomic mass is 9.84. The molecule has 1 fully saturated rings. The Morgan fingerprint density at radius 3 is 2.52 bits per heavy atom. The fourth-order valence-corrected chi connectivity index (χ4v) is 3.75. The molecule has 1 aromatic heterocycles. The zero-order chi connectivity index (χ0) is 16.9. The van der Waals surface area contributed by atoms with Gasteiger partial charge in [0.1, 0.15) is 6.33 Å². The fourth-order valence-electron chi connectivity index (χ4n) is 3.75. The van der Waals surface area contributed by atoms with Crippen molar-refractivity contribution in [2.75, 3.05) is 6.61 Å². The van der Waals surface area contributed by atoms with Crippen molar-refractivity contribution in [1.29, 1.82) is 0 Å². The van der Waals surface area contributed by atoms with E-state index in [2.05, 4.69) is 34.2 Å². The molecule has 0 atom stereocenters. The van der Waals surface area contributed by atoms with Crippen molar-refractivity contribution in [3.05, 3.63) is 66.0 Å². The van der Waals surface area contributed by atoms with E-state index in [4.69, 9.17) is 4.74 Å². The third kappa shape index (κ3) is 3.81. The minimum absolute atomic E-state index is 0.629. The summed E-state index contributed by atoms with van der Waals surface area (Å²) < 4.78 is 5.92. The fraction of sp³-hybridized carbons (Fsp3) is 0.364. The highest BCUT2D eigenvalue weighted by Gasteiger charge is 2.15. The standard InChI is InChI=1S/C22H24N2O/c1-2-6-18(7-3-1)19-12-10-17(11-13-19)14-15-25-22-20-8-4-5-9-21(20)23-16-24-22/h4-5,8-13,16,18H,1-3,6-7,14-15H2. The van der Waals surface area contributed by atoms with Crippen molar-refractivity contribution in [2.24, 2.45) is 0 Å². The van der Waals surface area contributed by atoms with E-state index >= 15 is 0 Å². The third-order valence-corrected chi connectivity index (χ3v) is 5.19. The average molecular weight is 332 g/mol. The zero-order valence-corrected chi connectivity index (χ0v) is 14.5. The molecule has 0 bridgehead atoms. The molecule has 0 unspecified atom stereocenters. The highest BCUT2D eigenvalue weighted by Crippen LogP contribution is 2.32. The highest BCUT2D eigenvalue weighted by molar-refractivity contribution is 5.82. The van der Waals surface area contributed by atoms with Crippen LogP contribution >= 0.6 is 0 Å². The number of hydrogen-bond acceptors (Lipinski definition) is 3. The van der Waals surface area contributed by atoms with Gasteiger partial charge in [-0.1, -0.05) is 55.7 Å². The van der Waals surface area contributed by atoms with E-state index in [0.717, 1.165) is 23.2 Å². The molecule has 3 aromatic rings. The van der Waals surface area contributed by atoms with E-state index in [1.807, 2.05) is 24.3 Å². The molecule has 1 aliphatic rings. The maximum atomic E-state index is 5.92. The predicted octanol–water partition coefficient (Wildman–Crippen LogP) is 5.30. The van der Waals surface area contributed by atoms with Crippen LogP contribution in [0.5, 0.6) is 5.88 Å². The Morgan fingerprint density at radius 1 is 0.880 bits per heavy atom. The van der Waals surface area contributed by atoms with Crippen LogP contribution in [0.1, 0.15) is 49.1 Å². The number of aromatic nitrogens is 2. The SMILES string of the molecule is c1ccc2c(OCCc3ccc(C4CCCCC4)cc3)ncnc2c1. The first-order chi connectivity index (χ1) is 12.4. The average Bonchev–Trinajstić information content (AvgIpc) is 2.69. The van der Waals surface area contributed by atoms with Crippen LogP contribution in [0.3, 0.4) is 0 Å². The van der Waals surface area contributed by atoms with Gasteiger partial charge in [0.25, 0.3) is 0 Å². The van der Waals surface area contributed by atoms with E-state index in [-0.39, 0.29) is 0 Å². The number of rotatable bonds is 5. The lowest BCUT2D eigenvalue weighted by Crippen LogP contribution is -2.06. The van der Waals surface area contributed by atoms with Crippen LogP contribution in [-0.4, -0.2) is 16.6 Å². The van der Waals surface area contributed by atoms with E-state index in [1.54, 1.807) is 6.33 Å². The minimum Gasteiger partial charge on any atom is -0.477 e. The second-order valence-corrected chi connectivity index (χ2v) is 6.87. The Balaban J connectivity index is 1.36. The molecule has 2 aromatic carbocycles. The van der Waals surface area contributed by atoms with Crippen molar-refractivity contribution in [3.63, 3.8) is 0 Å². The second-order valence-electron chi connectivity index (χ2n) is 6.87. The lowest BCUT2D eigenvalue weighted by molar-refractivity contribution is 0.313.